The lowest BCUT2D eigenvalue weighted by atomic mass is 10.1. The number of fused-ring (bicyclic) bond motifs is 1. The third kappa shape index (κ3) is 3.54. The molecule has 1 amide bonds. The van der Waals surface area contributed by atoms with E-state index in [1.165, 1.54) is 12.1 Å². The maximum absolute atomic E-state index is 11.9. The minimum Gasteiger partial charge on any atom is -0.478 e. The van der Waals surface area contributed by atoms with Gasteiger partial charge in [0.1, 0.15) is 5.75 Å². The fourth-order valence-corrected chi connectivity index (χ4v) is 3.22. The second kappa shape index (κ2) is 6.44. The van der Waals surface area contributed by atoms with Crippen LogP contribution in [0.1, 0.15) is 33.1 Å². The van der Waals surface area contributed by atoms with Crippen LogP contribution in [-0.4, -0.2) is 27.0 Å². The summed E-state index contributed by atoms with van der Waals surface area (Å²) in [6, 6.07) is 4.48. The summed E-state index contributed by atoms with van der Waals surface area (Å²) in [6.07, 6.45) is 2.04. The van der Waals surface area contributed by atoms with Gasteiger partial charge in [-0.15, -0.1) is 0 Å². The highest BCUT2D eigenvalue weighted by molar-refractivity contribution is 7.89. The number of unbranched alkanes of at least 4 members (excludes halogenated alkanes) is 1. The van der Waals surface area contributed by atoms with Crippen LogP contribution in [0.2, 0.25) is 0 Å². The Morgan fingerprint density at radius 1 is 1.33 bits per heavy atom. The largest absolute Gasteiger partial charge is 0.478 e. The van der Waals surface area contributed by atoms with Crippen molar-refractivity contribution >= 4 is 21.6 Å². The Hall–Kier alpha value is -1.60. The normalized spacial score (nSPS) is 17.8. The highest BCUT2D eigenvalue weighted by Gasteiger charge is 2.28. The van der Waals surface area contributed by atoms with Crippen molar-refractivity contribution in [2.24, 2.45) is 0 Å². The summed E-state index contributed by atoms with van der Waals surface area (Å²) in [5, 5.41) is 2.72. The van der Waals surface area contributed by atoms with Crippen LogP contribution in [0.4, 0.5) is 5.69 Å². The molecule has 0 radical (unpaired) electrons. The van der Waals surface area contributed by atoms with Gasteiger partial charge in [-0.05, 0) is 31.0 Å². The molecule has 1 aromatic rings. The Labute approximate surface area is 124 Å². The van der Waals surface area contributed by atoms with Gasteiger partial charge in [-0.1, -0.05) is 20.3 Å². The standard InChI is InChI=1S/C14H20N2O4S/c1-3-5-6-13-14(17)16-11-9-10(7-8-12(11)20-13)21(18,19)15-4-2/h7-9,13,15H,3-6H2,1-2H3,(H,16,17). The van der Waals surface area contributed by atoms with E-state index >= 15 is 0 Å². The maximum atomic E-state index is 11.9. The first-order valence-electron chi connectivity index (χ1n) is 7.09. The molecule has 1 unspecified atom stereocenters. The first kappa shape index (κ1) is 15.8. The number of carbonyl (C=O) groups is 1. The van der Waals surface area contributed by atoms with Crippen molar-refractivity contribution < 1.29 is 17.9 Å². The van der Waals surface area contributed by atoms with Gasteiger partial charge in [-0.2, -0.15) is 0 Å². The molecule has 0 fully saturated rings. The van der Waals surface area contributed by atoms with Gasteiger partial charge in [0.2, 0.25) is 10.0 Å². The van der Waals surface area contributed by atoms with Crippen LogP contribution in [-0.2, 0) is 14.8 Å². The number of hydrogen-bond acceptors (Lipinski definition) is 4. The van der Waals surface area contributed by atoms with Crippen molar-refractivity contribution in [3.8, 4) is 5.75 Å². The lowest BCUT2D eigenvalue weighted by Crippen LogP contribution is -2.37. The zero-order valence-corrected chi connectivity index (χ0v) is 13.0. The van der Waals surface area contributed by atoms with Crippen molar-refractivity contribution in [2.45, 2.75) is 44.1 Å². The number of sulfonamides is 1. The number of carbonyl (C=O) groups excluding carboxylic acids is 1. The highest BCUT2D eigenvalue weighted by atomic mass is 32.2. The van der Waals surface area contributed by atoms with E-state index in [1.54, 1.807) is 13.0 Å². The molecule has 0 aliphatic carbocycles. The summed E-state index contributed by atoms with van der Waals surface area (Å²) in [5.74, 6) is 0.278. The summed E-state index contributed by atoms with van der Waals surface area (Å²) in [6.45, 7) is 4.06. The second-order valence-corrected chi connectivity index (χ2v) is 6.66. The van der Waals surface area contributed by atoms with Crippen molar-refractivity contribution in [3.63, 3.8) is 0 Å². The van der Waals surface area contributed by atoms with Crippen LogP contribution in [0.3, 0.4) is 0 Å². The van der Waals surface area contributed by atoms with Crippen LogP contribution < -0.4 is 14.8 Å². The Balaban J connectivity index is 2.24. The van der Waals surface area contributed by atoms with E-state index in [4.69, 9.17) is 4.74 Å². The van der Waals surface area contributed by atoms with Gasteiger partial charge < -0.3 is 10.1 Å². The number of ether oxygens (including phenoxy) is 1. The molecular weight excluding hydrogens is 292 g/mol. The third-order valence-electron chi connectivity index (χ3n) is 3.24. The zero-order valence-electron chi connectivity index (χ0n) is 12.2. The third-order valence-corrected chi connectivity index (χ3v) is 4.78. The molecule has 116 valence electrons. The predicted molar refractivity (Wildman–Crippen MR) is 79.9 cm³/mol. The predicted octanol–water partition coefficient (Wildman–Crippen LogP) is 1.87. The number of nitrogens with one attached hydrogen (secondary N) is 2. The Bertz CT molecular complexity index is 628. The number of amides is 1. The Kier molecular flexibility index (Phi) is 4.84. The molecule has 1 aliphatic heterocycles. The van der Waals surface area contributed by atoms with E-state index < -0.39 is 16.1 Å². The molecule has 0 saturated heterocycles. The molecule has 7 heteroatoms. The average molecular weight is 312 g/mol. The van der Waals surface area contributed by atoms with Gasteiger partial charge >= 0.3 is 0 Å². The molecule has 21 heavy (non-hydrogen) atoms. The summed E-state index contributed by atoms with van der Waals surface area (Å²) in [7, 11) is -3.55. The summed E-state index contributed by atoms with van der Waals surface area (Å²) in [5.41, 5.74) is 0.395. The smallest absolute Gasteiger partial charge is 0.265 e. The van der Waals surface area contributed by atoms with Gasteiger partial charge in [0.25, 0.3) is 5.91 Å². The van der Waals surface area contributed by atoms with Crippen LogP contribution in [0.15, 0.2) is 23.1 Å². The van der Waals surface area contributed by atoms with E-state index in [2.05, 4.69) is 10.0 Å². The topological polar surface area (TPSA) is 84.5 Å². The fraction of sp³-hybridized carbons (Fsp3) is 0.500. The summed E-state index contributed by atoms with van der Waals surface area (Å²) >= 11 is 0. The lowest BCUT2D eigenvalue weighted by molar-refractivity contribution is -0.123. The zero-order chi connectivity index (χ0) is 15.5. The molecule has 0 bridgehead atoms. The molecular formula is C14H20N2O4S. The van der Waals surface area contributed by atoms with Crippen LogP contribution in [0.25, 0.3) is 0 Å². The van der Waals surface area contributed by atoms with Gasteiger partial charge in [-0.25, -0.2) is 13.1 Å². The van der Waals surface area contributed by atoms with E-state index in [-0.39, 0.29) is 10.8 Å². The lowest BCUT2D eigenvalue weighted by Gasteiger charge is -2.26. The van der Waals surface area contributed by atoms with Crippen molar-refractivity contribution in [3.05, 3.63) is 18.2 Å². The molecule has 2 rings (SSSR count). The van der Waals surface area contributed by atoms with Crippen LogP contribution in [0, 0.1) is 0 Å². The van der Waals surface area contributed by atoms with Crippen molar-refractivity contribution in [1.82, 2.24) is 4.72 Å². The Morgan fingerprint density at radius 3 is 2.76 bits per heavy atom. The Morgan fingerprint density at radius 2 is 2.10 bits per heavy atom. The molecule has 6 nitrogen and oxygen atoms in total. The van der Waals surface area contributed by atoms with Crippen molar-refractivity contribution in [2.75, 3.05) is 11.9 Å². The monoisotopic (exact) mass is 312 g/mol. The van der Waals surface area contributed by atoms with Crippen LogP contribution >= 0.6 is 0 Å². The van der Waals surface area contributed by atoms with Crippen LogP contribution in [0.5, 0.6) is 5.75 Å². The summed E-state index contributed by atoms with van der Waals surface area (Å²) in [4.78, 5) is 12.1. The fourth-order valence-electron chi connectivity index (χ4n) is 2.15. The molecule has 0 aromatic heterocycles. The van der Waals surface area contributed by atoms with Gasteiger partial charge in [-0.3, -0.25) is 4.79 Å². The molecule has 1 atom stereocenters. The number of hydrogen-bond donors (Lipinski definition) is 2. The van der Waals surface area contributed by atoms with E-state index in [9.17, 15) is 13.2 Å². The SMILES string of the molecule is CCCCC1Oc2ccc(S(=O)(=O)NCC)cc2NC1=O. The van der Waals surface area contributed by atoms with E-state index in [0.29, 0.717) is 24.4 Å². The van der Waals surface area contributed by atoms with E-state index in [1.807, 2.05) is 6.92 Å². The molecule has 0 saturated carbocycles. The summed E-state index contributed by atoms with van der Waals surface area (Å²) < 4.78 is 31.9. The van der Waals surface area contributed by atoms with Crippen molar-refractivity contribution in [1.29, 1.82) is 0 Å². The minimum atomic E-state index is -3.55. The molecule has 1 heterocycles. The first-order valence-corrected chi connectivity index (χ1v) is 8.57. The highest BCUT2D eigenvalue weighted by Crippen LogP contribution is 2.32. The molecule has 0 spiro atoms. The molecule has 2 N–H and O–H groups in total. The average Bonchev–Trinajstić information content (AvgIpc) is 2.44. The number of rotatable bonds is 6. The second-order valence-electron chi connectivity index (χ2n) is 4.90. The maximum Gasteiger partial charge on any atom is 0.265 e. The number of anilines is 1. The molecule has 1 aromatic carbocycles. The van der Waals surface area contributed by atoms with Gasteiger partial charge in [0.15, 0.2) is 6.10 Å². The minimum absolute atomic E-state index is 0.110. The molecule has 1 aliphatic rings. The van der Waals surface area contributed by atoms with Gasteiger partial charge in [0.05, 0.1) is 10.6 Å². The number of benzene rings is 1. The first-order chi connectivity index (χ1) is 9.97. The van der Waals surface area contributed by atoms with Gasteiger partial charge in [0, 0.05) is 6.54 Å². The van der Waals surface area contributed by atoms with E-state index in [0.717, 1.165) is 12.8 Å². The quantitative estimate of drug-likeness (QED) is 0.840.